The zero-order valence-corrected chi connectivity index (χ0v) is 12.3. The number of anilines is 2. The smallest absolute Gasteiger partial charge is 0.337 e. The Kier molecular flexibility index (Phi) is 4.29. The number of benzene rings is 1. The van der Waals surface area contributed by atoms with E-state index >= 15 is 0 Å². The Bertz CT molecular complexity index is 594. The number of carbonyl (C=O) groups is 1. The summed E-state index contributed by atoms with van der Waals surface area (Å²) in [6.45, 7) is 4.29. The van der Waals surface area contributed by atoms with Gasteiger partial charge in [0.15, 0.2) is 0 Å². The van der Waals surface area contributed by atoms with Crippen molar-refractivity contribution in [2.24, 2.45) is 5.92 Å². The number of carboxylic acids is 1. The van der Waals surface area contributed by atoms with Gasteiger partial charge in [-0.25, -0.2) is 4.79 Å². The maximum absolute atomic E-state index is 11.0. The van der Waals surface area contributed by atoms with Gasteiger partial charge in [0.1, 0.15) is 0 Å². The molecule has 0 saturated carbocycles. The minimum Gasteiger partial charge on any atom is -0.478 e. The number of hydrogen-bond donors (Lipinski definition) is 3. The molecule has 0 radical (unpaired) electrons. The van der Waals surface area contributed by atoms with E-state index in [9.17, 15) is 4.79 Å². The van der Waals surface area contributed by atoms with Gasteiger partial charge < -0.3 is 16.2 Å². The highest BCUT2D eigenvalue weighted by Gasteiger charge is 2.17. The molecule has 1 unspecified atom stereocenters. The average molecular weight is 290 g/mol. The number of hydrogen-bond acceptors (Lipinski definition) is 4. The largest absolute Gasteiger partial charge is 0.478 e. The van der Waals surface area contributed by atoms with Crippen molar-refractivity contribution >= 4 is 28.7 Å². The van der Waals surface area contributed by atoms with Crippen molar-refractivity contribution in [3.05, 3.63) is 46.2 Å². The summed E-state index contributed by atoms with van der Waals surface area (Å²) < 4.78 is 0. The van der Waals surface area contributed by atoms with Gasteiger partial charge in [0.05, 0.1) is 11.6 Å². The van der Waals surface area contributed by atoms with Gasteiger partial charge in [-0.2, -0.15) is 0 Å². The number of rotatable bonds is 5. The van der Waals surface area contributed by atoms with Crippen molar-refractivity contribution in [2.45, 2.75) is 19.9 Å². The second kappa shape index (κ2) is 5.96. The lowest BCUT2D eigenvalue weighted by molar-refractivity contribution is 0.0698. The standard InChI is InChI=1S/C15H18N2O2S/c1-9(2)14(13-4-3-7-20-13)17-10-5-6-11(15(18)19)12(16)8-10/h3-9,14,17H,16H2,1-2H3,(H,18,19). The summed E-state index contributed by atoms with van der Waals surface area (Å²) in [6.07, 6.45) is 0. The van der Waals surface area contributed by atoms with Gasteiger partial charge >= 0.3 is 5.97 Å². The van der Waals surface area contributed by atoms with Gasteiger partial charge in [0.25, 0.3) is 0 Å². The predicted molar refractivity (Wildman–Crippen MR) is 83.3 cm³/mol. The van der Waals surface area contributed by atoms with Crippen molar-refractivity contribution < 1.29 is 9.90 Å². The first-order chi connectivity index (χ1) is 9.49. The van der Waals surface area contributed by atoms with E-state index in [-0.39, 0.29) is 17.3 Å². The third-order valence-corrected chi connectivity index (χ3v) is 4.08. The van der Waals surface area contributed by atoms with Crippen LogP contribution < -0.4 is 11.1 Å². The number of nitrogen functional groups attached to an aromatic ring is 1. The molecule has 4 N–H and O–H groups in total. The molecule has 4 nitrogen and oxygen atoms in total. The minimum atomic E-state index is -1.01. The number of thiophene rings is 1. The molecule has 2 rings (SSSR count). The van der Waals surface area contributed by atoms with Crippen LogP contribution in [0.3, 0.4) is 0 Å². The van der Waals surface area contributed by atoms with Gasteiger partial charge in [-0.3, -0.25) is 0 Å². The van der Waals surface area contributed by atoms with Crippen molar-refractivity contribution in [1.82, 2.24) is 0 Å². The van der Waals surface area contributed by atoms with Crippen LogP contribution in [0.1, 0.15) is 35.1 Å². The summed E-state index contributed by atoms with van der Waals surface area (Å²) in [4.78, 5) is 12.2. The highest BCUT2D eigenvalue weighted by atomic mass is 32.1. The van der Waals surface area contributed by atoms with E-state index in [4.69, 9.17) is 10.8 Å². The predicted octanol–water partition coefficient (Wildman–Crippen LogP) is 3.84. The Balaban J connectivity index is 2.24. The van der Waals surface area contributed by atoms with Gasteiger partial charge in [-0.15, -0.1) is 11.3 Å². The fraction of sp³-hybridized carbons (Fsp3) is 0.267. The van der Waals surface area contributed by atoms with E-state index in [1.54, 1.807) is 23.5 Å². The molecule has 2 aromatic rings. The highest BCUT2D eigenvalue weighted by molar-refractivity contribution is 7.10. The zero-order valence-electron chi connectivity index (χ0n) is 11.5. The molecule has 1 heterocycles. The monoisotopic (exact) mass is 290 g/mol. The normalized spacial score (nSPS) is 12.3. The molecular formula is C15H18N2O2S. The molecule has 106 valence electrons. The van der Waals surface area contributed by atoms with E-state index in [1.165, 1.54) is 10.9 Å². The van der Waals surface area contributed by atoms with Crippen molar-refractivity contribution in [3.63, 3.8) is 0 Å². The van der Waals surface area contributed by atoms with E-state index in [2.05, 4.69) is 25.2 Å². The molecule has 5 heteroatoms. The van der Waals surface area contributed by atoms with Crippen LogP contribution in [-0.4, -0.2) is 11.1 Å². The van der Waals surface area contributed by atoms with Gasteiger partial charge in [-0.1, -0.05) is 19.9 Å². The summed E-state index contributed by atoms with van der Waals surface area (Å²) >= 11 is 1.70. The first-order valence-corrected chi connectivity index (χ1v) is 7.29. The SMILES string of the molecule is CC(C)C(Nc1ccc(C(=O)O)c(N)c1)c1cccs1. The molecule has 0 aliphatic carbocycles. The van der Waals surface area contributed by atoms with Crippen molar-refractivity contribution in [3.8, 4) is 0 Å². The van der Waals surface area contributed by atoms with Crippen LogP contribution in [0.4, 0.5) is 11.4 Å². The topological polar surface area (TPSA) is 75.3 Å². The zero-order chi connectivity index (χ0) is 14.7. The number of aromatic carboxylic acids is 1. The quantitative estimate of drug-likeness (QED) is 0.731. The van der Waals surface area contributed by atoms with Gasteiger partial charge in [0, 0.05) is 16.3 Å². The molecule has 0 fully saturated rings. The van der Waals surface area contributed by atoms with E-state index in [1.807, 2.05) is 11.4 Å². The second-order valence-electron chi connectivity index (χ2n) is 4.99. The molecule has 20 heavy (non-hydrogen) atoms. The van der Waals surface area contributed by atoms with Crippen LogP contribution in [0.2, 0.25) is 0 Å². The summed E-state index contributed by atoms with van der Waals surface area (Å²) in [5.74, 6) is -0.596. The lowest BCUT2D eigenvalue weighted by Gasteiger charge is -2.23. The van der Waals surface area contributed by atoms with Crippen LogP contribution in [0, 0.1) is 5.92 Å². The van der Waals surface area contributed by atoms with Crippen LogP contribution in [0.25, 0.3) is 0 Å². The number of nitrogens with one attached hydrogen (secondary N) is 1. The molecule has 1 aromatic heterocycles. The van der Waals surface area contributed by atoms with Crippen LogP contribution in [0.15, 0.2) is 35.7 Å². The molecule has 0 saturated heterocycles. The fourth-order valence-corrected chi connectivity index (χ4v) is 3.01. The van der Waals surface area contributed by atoms with E-state index in [0.29, 0.717) is 5.92 Å². The lowest BCUT2D eigenvalue weighted by atomic mass is 10.0. The Morgan fingerprint density at radius 3 is 2.60 bits per heavy atom. The summed E-state index contributed by atoms with van der Waals surface area (Å²) in [5.41, 5.74) is 7.01. The van der Waals surface area contributed by atoms with Crippen molar-refractivity contribution in [1.29, 1.82) is 0 Å². The van der Waals surface area contributed by atoms with Gasteiger partial charge in [0.2, 0.25) is 0 Å². The molecule has 0 aliphatic heterocycles. The highest BCUT2D eigenvalue weighted by Crippen LogP contribution is 2.30. The number of carboxylic acid groups (broad SMARTS) is 1. The maximum Gasteiger partial charge on any atom is 0.337 e. The lowest BCUT2D eigenvalue weighted by Crippen LogP contribution is -2.16. The molecule has 0 bridgehead atoms. The summed E-state index contributed by atoms with van der Waals surface area (Å²) in [7, 11) is 0. The van der Waals surface area contributed by atoms with E-state index in [0.717, 1.165) is 5.69 Å². The Hall–Kier alpha value is -2.01. The molecule has 1 atom stereocenters. The molecule has 1 aromatic carbocycles. The second-order valence-corrected chi connectivity index (χ2v) is 5.97. The maximum atomic E-state index is 11.0. The van der Waals surface area contributed by atoms with Crippen molar-refractivity contribution in [2.75, 3.05) is 11.1 Å². The van der Waals surface area contributed by atoms with Crippen LogP contribution in [-0.2, 0) is 0 Å². The minimum absolute atomic E-state index is 0.132. The summed E-state index contributed by atoms with van der Waals surface area (Å²) in [6, 6.07) is 9.27. The first kappa shape index (κ1) is 14.4. The Labute approximate surface area is 122 Å². The third kappa shape index (κ3) is 3.11. The summed E-state index contributed by atoms with van der Waals surface area (Å²) in [5, 5.41) is 14.5. The average Bonchev–Trinajstić information content (AvgIpc) is 2.88. The molecule has 0 amide bonds. The van der Waals surface area contributed by atoms with Gasteiger partial charge in [-0.05, 0) is 35.6 Å². The molecule has 0 aliphatic rings. The Morgan fingerprint density at radius 1 is 1.35 bits per heavy atom. The first-order valence-electron chi connectivity index (χ1n) is 6.41. The van der Waals surface area contributed by atoms with Crippen LogP contribution >= 0.6 is 11.3 Å². The third-order valence-electron chi connectivity index (χ3n) is 3.12. The Morgan fingerprint density at radius 2 is 2.10 bits per heavy atom. The number of nitrogens with two attached hydrogens (primary N) is 1. The fourth-order valence-electron chi connectivity index (χ4n) is 2.06. The molecule has 0 spiro atoms. The molecular weight excluding hydrogens is 272 g/mol. The van der Waals surface area contributed by atoms with E-state index < -0.39 is 5.97 Å². The van der Waals surface area contributed by atoms with Crippen LogP contribution in [0.5, 0.6) is 0 Å².